The van der Waals surface area contributed by atoms with Crippen molar-refractivity contribution < 1.29 is 32.2 Å². The van der Waals surface area contributed by atoms with E-state index in [9.17, 15) is 22.8 Å². The number of alkyl carbamates (subject to hydrolysis) is 1. The second-order valence-corrected chi connectivity index (χ2v) is 6.91. The number of alkyl halides is 3. The zero-order chi connectivity index (χ0) is 21.1. The van der Waals surface area contributed by atoms with Crippen LogP contribution >= 0.6 is 22.9 Å². The van der Waals surface area contributed by atoms with Crippen LogP contribution in [0.5, 0.6) is 0 Å². The first-order chi connectivity index (χ1) is 13.1. The second-order valence-electron chi connectivity index (χ2n) is 5.48. The Morgan fingerprint density at radius 2 is 1.86 bits per heavy atom. The van der Waals surface area contributed by atoms with E-state index in [1.807, 2.05) is 5.32 Å². The zero-order valence-electron chi connectivity index (χ0n) is 15.1. The van der Waals surface area contributed by atoms with Crippen LogP contribution in [0.25, 0.3) is 10.2 Å². The first-order valence-corrected chi connectivity index (χ1v) is 9.27. The third-order valence-electron chi connectivity index (χ3n) is 3.61. The number of carbonyl (C=O) groups excluding carboxylic acids is 2. The second kappa shape index (κ2) is 8.39. The summed E-state index contributed by atoms with van der Waals surface area (Å²) in [5, 5.41) is 3.67. The minimum Gasteiger partial charge on any atom is -0.463 e. The number of fused-ring (bicyclic) bond motifs is 1. The molecule has 12 heteroatoms. The van der Waals surface area contributed by atoms with Crippen LogP contribution < -0.4 is 10.6 Å². The van der Waals surface area contributed by atoms with E-state index in [4.69, 9.17) is 11.6 Å². The number of esters is 1. The summed E-state index contributed by atoms with van der Waals surface area (Å²) in [6.07, 6.45) is -6.71. The molecule has 1 unspecified atom stereocenters. The fraction of sp³-hybridized carbons (Fsp3) is 0.438. The molecule has 2 rings (SSSR count). The molecule has 1 heterocycles. The molecule has 0 aliphatic carbocycles. The van der Waals surface area contributed by atoms with Crippen molar-refractivity contribution in [2.75, 3.05) is 18.5 Å². The van der Waals surface area contributed by atoms with Crippen LogP contribution in [0.3, 0.4) is 0 Å². The fourth-order valence-corrected chi connectivity index (χ4v) is 3.40. The van der Waals surface area contributed by atoms with E-state index in [-0.39, 0.29) is 18.3 Å². The van der Waals surface area contributed by atoms with Gasteiger partial charge in [0.15, 0.2) is 5.13 Å². The van der Waals surface area contributed by atoms with Crippen molar-refractivity contribution in [2.24, 2.45) is 0 Å². The van der Waals surface area contributed by atoms with Crippen LogP contribution in [-0.4, -0.2) is 42.1 Å². The van der Waals surface area contributed by atoms with Crippen molar-refractivity contribution in [2.45, 2.75) is 32.6 Å². The van der Waals surface area contributed by atoms with Crippen LogP contribution in [0.15, 0.2) is 12.1 Å². The van der Waals surface area contributed by atoms with Crippen LogP contribution in [0.4, 0.5) is 23.1 Å². The van der Waals surface area contributed by atoms with Crippen molar-refractivity contribution in [3.05, 3.63) is 22.7 Å². The molecule has 1 amide bonds. The van der Waals surface area contributed by atoms with Gasteiger partial charge in [-0.05, 0) is 38.5 Å². The van der Waals surface area contributed by atoms with Gasteiger partial charge >= 0.3 is 23.9 Å². The smallest absolute Gasteiger partial charge is 0.442 e. The molecular weight excluding hydrogens is 423 g/mol. The predicted molar refractivity (Wildman–Crippen MR) is 98.6 cm³/mol. The number of carbonyl (C=O) groups is 2. The number of rotatable bonds is 6. The minimum absolute atomic E-state index is 0.193. The summed E-state index contributed by atoms with van der Waals surface area (Å²) in [4.78, 5) is 28.1. The molecule has 0 saturated carbocycles. The Balaban J connectivity index is 2.55. The molecule has 0 aliphatic heterocycles. The van der Waals surface area contributed by atoms with E-state index in [2.05, 4.69) is 14.5 Å². The van der Waals surface area contributed by atoms with Gasteiger partial charge in [-0.3, -0.25) is 5.32 Å². The molecule has 154 valence electrons. The molecule has 1 atom stereocenters. The number of anilines is 1. The van der Waals surface area contributed by atoms with E-state index in [0.29, 0.717) is 20.8 Å². The van der Waals surface area contributed by atoms with E-state index < -0.39 is 23.9 Å². The van der Waals surface area contributed by atoms with Gasteiger partial charge in [0.1, 0.15) is 0 Å². The molecule has 1 aromatic carbocycles. The first-order valence-electron chi connectivity index (χ1n) is 8.08. The maximum Gasteiger partial charge on any atom is 0.442 e. The third kappa shape index (κ3) is 4.25. The average molecular weight is 440 g/mol. The first kappa shape index (κ1) is 22.0. The highest BCUT2D eigenvalue weighted by Crippen LogP contribution is 2.37. The molecule has 7 nitrogen and oxygen atoms in total. The molecule has 0 spiro atoms. The van der Waals surface area contributed by atoms with Gasteiger partial charge in [0.05, 0.1) is 23.4 Å². The summed E-state index contributed by atoms with van der Waals surface area (Å²) >= 11 is 6.87. The lowest BCUT2D eigenvalue weighted by Crippen LogP contribution is -2.69. The Morgan fingerprint density at radius 1 is 1.21 bits per heavy atom. The topological polar surface area (TPSA) is 89.5 Å². The SMILES string of the molecule is CCOC(=O)NC(Nc1nc2c(C)c(Cl)ccc2s1)(C(=O)OCC)C(F)(F)F. The number of nitrogens with zero attached hydrogens (tertiary/aromatic N) is 1. The van der Waals surface area contributed by atoms with Crippen molar-refractivity contribution in [1.29, 1.82) is 0 Å². The Hall–Kier alpha value is -2.27. The van der Waals surface area contributed by atoms with E-state index in [1.165, 1.54) is 13.8 Å². The van der Waals surface area contributed by atoms with Crippen LogP contribution in [0.2, 0.25) is 5.02 Å². The maximum atomic E-state index is 14.0. The minimum atomic E-state index is -5.27. The van der Waals surface area contributed by atoms with Gasteiger partial charge in [-0.15, -0.1) is 0 Å². The monoisotopic (exact) mass is 439 g/mol. The van der Waals surface area contributed by atoms with Crippen LogP contribution in [-0.2, 0) is 14.3 Å². The predicted octanol–water partition coefficient (Wildman–Crippen LogP) is 4.24. The fourth-order valence-electron chi connectivity index (χ4n) is 2.26. The highest BCUT2D eigenvalue weighted by molar-refractivity contribution is 7.22. The summed E-state index contributed by atoms with van der Waals surface area (Å²) < 4.78 is 51.5. The standard InChI is InChI=1S/C16H17ClF3N3O4S/c1-4-26-12(24)15(16(18,19)20,23-14(25)27-5-2)22-13-21-11-8(3)9(17)6-7-10(11)28-13/h6-7H,4-5H2,1-3H3,(H,21,22)(H,23,25). The largest absolute Gasteiger partial charge is 0.463 e. The quantitative estimate of drug-likeness (QED) is 0.517. The number of hydrogen-bond donors (Lipinski definition) is 2. The van der Waals surface area contributed by atoms with E-state index in [1.54, 1.807) is 24.4 Å². The summed E-state index contributed by atoms with van der Waals surface area (Å²) in [5.41, 5.74) is -2.65. The van der Waals surface area contributed by atoms with Gasteiger partial charge in [-0.25, -0.2) is 14.6 Å². The molecular formula is C16H17ClF3N3O4S. The molecule has 0 aliphatic rings. The molecule has 0 fully saturated rings. The van der Waals surface area contributed by atoms with Gasteiger partial charge < -0.3 is 14.8 Å². The normalized spacial score (nSPS) is 13.7. The van der Waals surface area contributed by atoms with Crippen molar-refractivity contribution in [3.63, 3.8) is 0 Å². The average Bonchev–Trinajstić information content (AvgIpc) is 3.00. The summed E-state index contributed by atoms with van der Waals surface area (Å²) in [7, 11) is 0. The Kier molecular flexibility index (Phi) is 6.60. The molecule has 28 heavy (non-hydrogen) atoms. The van der Waals surface area contributed by atoms with Crippen molar-refractivity contribution >= 4 is 50.3 Å². The summed E-state index contributed by atoms with van der Waals surface area (Å²) in [5.74, 6) is -1.75. The van der Waals surface area contributed by atoms with Crippen LogP contribution in [0, 0.1) is 6.92 Å². The van der Waals surface area contributed by atoms with E-state index >= 15 is 0 Å². The van der Waals surface area contributed by atoms with Crippen LogP contribution in [0.1, 0.15) is 19.4 Å². The number of hydrogen-bond acceptors (Lipinski definition) is 7. The molecule has 0 saturated heterocycles. The number of halogens is 4. The van der Waals surface area contributed by atoms with Gasteiger partial charge in [0.25, 0.3) is 0 Å². The summed E-state index contributed by atoms with van der Waals surface area (Å²) in [6, 6.07) is 3.17. The van der Waals surface area contributed by atoms with Gasteiger partial charge in [-0.2, -0.15) is 13.2 Å². The third-order valence-corrected chi connectivity index (χ3v) is 4.96. The highest BCUT2D eigenvalue weighted by atomic mass is 35.5. The lowest BCUT2D eigenvalue weighted by atomic mass is 10.1. The maximum absolute atomic E-state index is 14.0. The number of thiazole rings is 1. The Morgan fingerprint density at radius 3 is 2.43 bits per heavy atom. The lowest BCUT2D eigenvalue weighted by molar-refractivity contribution is -0.205. The number of amides is 1. The molecule has 1 aromatic heterocycles. The highest BCUT2D eigenvalue weighted by Gasteiger charge is 2.64. The Bertz CT molecular complexity index is 890. The van der Waals surface area contributed by atoms with Crippen molar-refractivity contribution in [1.82, 2.24) is 10.3 Å². The van der Waals surface area contributed by atoms with E-state index in [0.717, 1.165) is 11.3 Å². The number of benzene rings is 1. The molecule has 0 bridgehead atoms. The molecule has 2 aromatic rings. The van der Waals surface area contributed by atoms with Crippen molar-refractivity contribution in [3.8, 4) is 0 Å². The summed E-state index contributed by atoms with van der Waals surface area (Å²) in [6.45, 7) is 3.88. The Labute approximate surface area is 167 Å². The number of aryl methyl sites for hydroxylation is 1. The molecule has 0 radical (unpaired) electrons. The van der Waals surface area contributed by atoms with Gasteiger partial charge in [-0.1, -0.05) is 22.9 Å². The van der Waals surface area contributed by atoms with Gasteiger partial charge in [0.2, 0.25) is 0 Å². The zero-order valence-corrected chi connectivity index (χ0v) is 16.6. The molecule has 2 N–H and O–H groups in total. The number of ether oxygens (including phenoxy) is 2. The van der Waals surface area contributed by atoms with Gasteiger partial charge in [0, 0.05) is 5.02 Å². The lowest BCUT2D eigenvalue weighted by Gasteiger charge is -2.33. The number of aromatic nitrogens is 1. The number of nitrogens with one attached hydrogen (secondary N) is 2.